The van der Waals surface area contributed by atoms with Crippen LogP contribution in [-0.4, -0.2) is 36.6 Å². The third-order valence-corrected chi connectivity index (χ3v) is 5.38. The molecule has 6 heteroatoms. The van der Waals surface area contributed by atoms with Gasteiger partial charge in [-0.15, -0.1) is 0 Å². The van der Waals surface area contributed by atoms with E-state index in [1.54, 1.807) is 18.3 Å². The summed E-state index contributed by atoms with van der Waals surface area (Å²) in [6.45, 7) is 1.12. The van der Waals surface area contributed by atoms with E-state index in [0.29, 0.717) is 23.2 Å². The number of para-hydroxylation sites is 1. The number of anilines is 2. The zero-order valence-corrected chi connectivity index (χ0v) is 18.0. The molecule has 2 aromatic carbocycles. The molecule has 0 fully saturated rings. The number of nitrogens with zero attached hydrogens (tertiary/aromatic N) is 2. The van der Waals surface area contributed by atoms with Crippen LogP contribution in [0.1, 0.15) is 17.5 Å². The van der Waals surface area contributed by atoms with Gasteiger partial charge in [-0.1, -0.05) is 24.3 Å². The molecule has 0 aliphatic heterocycles. The van der Waals surface area contributed by atoms with Crippen LogP contribution in [0.4, 0.5) is 16.2 Å². The second-order valence-corrected chi connectivity index (χ2v) is 8.23. The van der Waals surface area contributed by atoms with E-state index in [1.165, 1.54) is 17.5 Å². The van der Waals surface area contributed by atoms with E-state index in [-0.39, 0.29) is 6.03 Å². The maximum atomic E-state index is 12.4. The zero-order chi connectivity index (χ0) is 21.6. The number of hydrogen-bond donors (Lipinski definition) is 2. The van der Waals surface area contributed by atoms with E-state index in [2.05, 4.69) is 46.7 Å². The Bertz CT molecular complexity index is 1020. The number of aromatic nitrogens is 1. The lowest BCUT2D eigenvalue weighted by Gasteiger charge is -2.27. The van der Waals surface area contributed by atoms with Crippen molar-refractivity contribution in [2.75, 3.05) is 31.3 Å². The first kappa shape index (κ1) is 20.9. The Morgan fingerprint density at radius 3 is 2.55 bits per heavy atom. The summed E-state index contributed by atoms with van der Waals surface area (Å²) >= 11 is 0. The first-order valence-electron chi connectivity index (χ1n) is 10.6. The van der Waals surface area contributed by atoms with Crippen molar-refractivity contribution >= 4 is 17.4 Å². The summed E-state index contributed by atoms with van der Waals surface area (Å²) in [4.78, 5) is 18.9. The van der Waals surface area contributed by atoms with Crippen LogP contribution < -0.4 is 15.4 Å². The van der Waals surface area contributed by atoms with Crippen LogP contribution >= 0.6 is 0 Å². The molecule has 6 nitrogen and oxygen atoms in total. The maximum absolute atomic E-state index is 12.4. The Morgan fingerprint density at radius 2 is 1.81 bits per heavy atom. The lowest BCUT2D eigenvalue weighted by molar-refractivity contribution is 0.262. The second kappa shape index (κ2) is 9.62. The molecule has 2 amide bonds. The second-order valence-electron chi connectivity index (χ2n) is 8.23. The van der Waals surface area contributed by atoms with Gasteiger partial charge in [0.25, 0.3) is 0 Å². The van der Waals surface area contributed by atoms with E-state index >= 15 is 0 Å². The van der Waals surface area contributed by atoms with Crippen LogP contribution in [0.15, 0.2) is 66.9 Å². The first-order chi connectivity index (χ1) is 15.0. The molecule has 0 bridgehead atoms. The number of benzene rings is 2. The lowest BCUT2D eigenvalue weighted by Crippen LogP contribution is -2.26. The van der Waals surface area contributed by atoms with Gasteiger partial charge in [0.2, 0.25) is 5.88 Å². The molecule has 2 N–H and O–H groups in total. The number of fused-ring (bicyclic) bond motifs is 1. The highest BCUT2D eigenvalue weighted by Gasteiger charge is 2.19. The summed E-state index contributed by atoms with van der Waals surface area (Å²) in [6, 6.07) is 18.9. The molecule has 1 aromatic heterocycles. The molecule has 1 heterocycles. The van der Waals surface area contributed by atoms with Gasteiger partial charge in [-0.05, 0) is 80.7 Å². The molecular formula is C25H28N4O2. The van der Waals surface area contributed by atoms with Gasteiger partial charge >= 0.3 is 6.03 Å². The topological polar surface area (TPSA) is 66.5 Å². The number of ether oxygens (including phenoxy) is 1. The minimum absolute atomic E-state index is 0.292. The van der Waals surface area contributed by atoms with Gasteiger partial charge < -0.3 is 20.3 Å². The fourth-order valence-electron chi connectivity index (χ4n) is 4.00. The van der Waals surface area contributed by atoms with Gasteiger partial charge in [0.1, 0.15) is 5.75 Å². The predicted molar refractivity (Wildman–Crippen MR) is 124 cm³/mol. The standard InChI is InChI=1S/C25H28N4O2/c1-29(2)17-18-8-9-20-15-21(11-10-19(20)14-18)27-25(30)28-22-12-13-24(26-16-22)31-23-6-4-3-5-7-23/h3-7,10-13,15-16,18H,8-9,14,17H2,1-2H3,(H2,27,28,30). The minimum Gasteiger partial charge on any atom is -0.439 e. The molecule has 4 rings (SSSR count). The molecule has 160 valence electrons. The smallest absolute Gasteiger partial charge is 0.323 e. The summed E-state index contributed by atoms with van der Waals surface area (Å²) < 4.78 is 5.67. The van der Waals surface area contributed by atoms with E-state index in [1.807, 2.05) is 36.4 Å². The molecule has 0 saturated heterocycles. The highest BCUT2D eigenvalue weighted by atomic mass is 16.5. The van der Waals surface area contributed by atoms with Crippen LogP contribution in [0, 0.1) is 5.92 Å². The normalized spacial score (nSPS) is 15.3. The SMILES string of the molecule is CN(C)CC1CCc2cc(NC(=O)Nc3ccc(Oc4ccccc4)nc3)ccc2C1. The van der Waals surface area contributed by atoms with Gasteiger partial charge in [-0.25, -0.2) is 9.78 Å². The number of amides is 2. The Balaban J connectivity index is 1.32. The van der Waals surface area contributed by atoms with Crippen LogP contribution in [0.25, 0.3) is 0 Å². The number of carbonyl (C=O) groups excluding carboxylic acids is 1. The molecule has 1 aliphatic rings. The number of carbonyl (C=O) groups is 1. The highest BCUT2D eigenvalue weighted by Crippen LogP contribution is 2.28. The summed E-state index contributed by atoms with van der Waals surface area (Å²) in [5.41, 5.74) is 4.13. The number of nitrogens with one attached hydrogen (secondary N) is 2. The molecule has 3 aromatic rings. The quantitative estimate of drug-likeness (QED) is 0.581. The zero-order valence-electron chi connectivity index (χ0n) is 18.0. The van der Waals surface area contributed by atoms with Gasteiger partial charge in [-0.3, -0.25) is 0 Å². The Morgan fingerprint density at radius 1 is 1.03 bits per heavy atom. The van der Waals surface area contributed by atoms with Crippen molar-refractivity contribution in [1.29, 1.82) is 0 Å². The molecule has 1 unspecified atom stereocenters. The first-order valence-corrected chi connectivity index (χ1v) is 10.6. The van der Waals surface area contributed by atoms with E-state index in [4.69, 9.17) is 4.74 Å². The number of hydrogen-bond acceptors (Lipinski definition) is 4. The van der Waals surface area contributed by atoms with Crippen molar-refractivity contribution in [2.24, 2.45) is 5.92 Å². The summed E-state index contributed by atoms with van der Waals surface area (Å²) in [6.07, 6.45) is 4.92. The van der Waals surface area contributed by atoms with E-state index in [9.17, 15) is 4.79 Å². The summed E-state index contributed by atoms with van der Waals surface area (Å²) in [5, 5.41) is 5.74. The highest BCUT2D eigenvalue weighted by molar-refractivity contribution is 5.99. The molecular weight excluding hydrogens is 388 g/mol. The molecule has 1 atom stereocenters. The van der Waals surface area contributed by atoms with Gasteiger partial charge in [0.15, 0.2) is 0 Å². The Labute approximate surface area is 183 Å². The van der Waals surface area contributed by atoms with Crippen LogP contribution in [0.5, 0.6) is 11.6 Å². The van der Waals surface area contributed by atoms with Crippen molar-refractivity contribution in [3.63, 3.8) is 0 Å². The van der Waals surface area contributed by atoms with Gasteiger partial charge in [-0.2, -0.15) is 0 Å². The van der Waals surface area contributed by atoms with Crippen molar-refractivity contribution < 1.29 is 9.53 Å². The third kappa shape index (κ3) is 5.83. The largest absolute Gasteiger partial charge is 0.439 e. The van der Waals surface area contributed by atoms with Gasteiger partial charge in [0, 0.05) is 18.3 Å². The molecule has 0 radical (unpaired) electrons. The average Bonchev–Trinajstić information content (AvgIpc) is 2.75. The minimum atomic E-state index is -0.292. The number of rotatable bonds is 6. The average molecular weight is 417 g/mol. The van der Waals surface area contributed by atoms with Crippen molar-refractivity contribution in [2.45, 2.75) is 19.3 Å². The number of urea groups is 1. The lowest BCUT2D eigenvalue weighted by atomic mass is 9.83. The molecule has 31 heavy (non-hydrogen) atoms. The van der Waals surface area contributed by atoms with Crippen LogP contribution in [0.3, 0.4) is 0 Å². The summed E-state index contributed by atoms with van der Waals surface area (Å²) in [5.74, 6) is 1.89. The van der Waals surface area contributed by atoms with Crippen LogP contribution in [-0.2, 0) is 12.8 Å². The van der Waals surface area contributed by atoms with Crippen LogP contribution in [0.2, 0.25) is 0 Å². The summed E-state index contributed by atoms with van der Waals surface area (Å²) in [7, 11) is 4.25. The molecule has 1 aliphatic carbocycles. The van der Waals surface area contributed by atoms with Crippen molar-refractivity contribution in [3.05, 3.63) is 78.0 Å². The number of aryl methyl sites for hydroxylation is 1. The monoisotopic (exact) mass is 416 g/mol. The molecule has 0 saturated carbocycles. The van der Waals surface area contributed by atoms with Gasteiger partial charge in [0.05, 0.1) is 11.9 Å². The fraction of sp³-hybridized carbons (Fsp3) is 0.280. The van der Waals surface area contributed by atoms with Crippen molar-refractivity contribution in [1.82, 2.24) is 9.88 Å². The molecule has 0 spiro atoms. The van der Waals surface area contributed by atoms with Crippen molar-refractivity contribution in [3.8, 4) is 11.6 Å². The van der Waals surface area contributed by atoms with E-state index < -0.39 is 0 Å². The fourth-order valence-corrected chi connectivity index (χ4v) is 4.00. The Kier molecular flexibility index (Phi) is 6.48. The third-order valence-electron chi connectivity index (χ3n) is 5.38. The predicted octanol–water partition coefficient (Wildman–Crippen LogP) is 5.18. The van der Waals surface area contributed by atoms with E-state index in [0.717, 1.165) is 25.1 Å². The number of pyridine rings is 1. The maximum Gasteiger partial charge on any atom is 0.323 e. The Hall–Kier alpha value is -3.38.